The summed E-state index contributed by atoms with van der Waals surface area (Å²) >= 11 is 1.07. The van der Waals surface area contributed by atoms with Gasteiger partial charge in [0.2, 0.25) is 6.10 Å². The molecule has 2 amide bonds. The van der Waals surface area contributed by atoms with E-state index in [0.717, 1.165) is 22.5 Å². The SMILES string of the molecule is Cc1ccc(C)c(NC(=O)C(OC(=O)c2sc(NC(=O)c3ccco3)cc2C)c2ccccc2)c1. The number of anilines is 2. The molecule has 8 heteroatoms. The molecule has 0 aliphatic carbocycles. The van der Waals surface area contributed by atoms with Gasteiger partial charge in [0.15, 0.2) is 5.76 Å². The molecule has 1 atom stereocenters. The average Bonchev–Trinajstić information content (AvgIpc) is 3.50. The average molecular weight is 489 g/mol. The Morgan fingerprint density at radius 1 is 0.886 bits per heavy atom. The van der Waals surface area contributed by atoms with E-state index in [1.165, 1.54) is 6.26 Å². The van der Waals surface area contributed by atoms with Crippen LogP contribution in [0.3, 0.4) is 0 Å². The van der Waals surface area contributed by atoms with Crippen molar-refractivity contribution in [2.75, 3.05) is 10.6 Å². The van der Waals surface area contributed by atoms with Crippen LogP contribution in [-0.4, -0.2) is 17.8 Å². The fraction of sp³-hybridized carbons (Fsp3) is 0.148. The molecule has 0 bridgehead atoms. The van der Waals surface area contributed by atoms with Crippen LogP contribution in [0.4, 0.5) is 10.7 Å². The maximum atomic E-state index is 13.3. The fourth-order valence-electron chi connectivity index (χ4n) is 3.46. The molecule has 0 aliphatic heterocycles. The van der Waals surface area contributed by atoms with Crippen molar-refractivity contribution >= 4 is 39.8 Å². The number of benzene rings is 2. The van der Waals surface area contributed by atoms with Crippen molar-refractivity contribution in [2.24, 2.45) is 0 Å². The first kappa shape index (κ1) is 24.0. The fourth-order valence-corrected chi connectivity index (χ4v) is 4.41. The molecular formula is C27H24N2O5S. The predicted molar refractivity (Wildman–Crippen MR) is 135 cm³/mol. The van der Waals surface area contributed by atoms with Crippen LogP contribution in [0.2, 0.25) is 0 Å². The van der Waals surface area contributed by atoms with E-state index in [2.05, 4.69) is 10.6 Å². The Labute approximate surface area is 206 Å². The van der Waals surface area contributed by atoms with Gasteiger partial charge in [-0.2, -0.15) is 0 Å². The molecule has 0 saturated carbocycles. The van der Waals surface area contributed by atoms with Gasteiger partial charge in [0, 0.05) is 11.3 Å². The number of thiophene rings is 1. The van der Waals surface area contributed by atoms with Gasteiger partial charge in [-0.15, -0.1) is 11.3 Å². The van der Waals surface area contributed by atoms with E-state index in [4.69, 9.17) is 9.15 Å². The normalized spacial score (nSPS) is 11.5. The zero-order valence-electron chi connectivity index (χ0n) is 19.5. The number of ether oxygens (including phenoxy) is 1. The minimum absolute atomic E-state index is 0.160. The Morgan fingerprint density at radius 2 is 1.66 bits per heavy atom. The molecule has 7 nitrogen and oxygen atoms in total. The Bertz CT molecular complexity index is 1360. The minimum Gasteiger partial charge on any atom is -0.459 e. The minimum atomic E-state index is -1.16. The van der Waals surface area contributed by atoms with Gasteiger partial charge >= 0.3 is 5.97 Å². The third kappa shape index (κ3) is 5.67. The quantitative estimate of drug-likeness (QED) is 0.308. The zero-order valence-corrected chi connectivity index (χ0v) is 20.3. The van der Waals surface area contributed by atoms with E-state index in [-0.39, 0.29) is 5.76 Å². The number of carbonyl (C=O) groups is 3. The summed E-state index contributed by atoms with van der Waals surface area (Å²) in [6.45, 7) is 5.57. The van der Waals surface area contributed by atoms with Gasteiger partial charge in [-0.05, 0) is 61.7 Å². The number of rotatable bonds is 7. The highest BCUT2D eigenvalue weighted by Gasteiger charge is 2.28. The van der Waals surface area contributed by atoms with E-state index in [9.17, 15) is 14.4 Å². The molecule has 0 radical (unpaired) electrons. The second kappa shape index (κ2) is 10.4. The summed E-state index contributed by atoms with van der Waals surface area (Å²) in [5, 5.41) is 6.06. The molecule has 2 aromatic carbocycles. The molecule has 35 heavy (non-hydrogen) atoms. The summed E-state index contributed by atoms with van der Waals surface area (Å²) in [5.74, 6) is -1.38. The first-order valence-electron chi connectivity index (χ1n) is 10.9. The highest BCUT2D eigenvalue weighted by Crippen LogP contribution is 2.30. The lowest BCUT2D eigenvalue weighted by Gasteiger charge is -2.19. The zero-order chi connectivity index (χ0) is 24.9. The van der Waals surface area contributed by atoms with Crippen molar-refractivity contribution in [1.29, 1.82) is 0 Å². The van der Waals surface area contributed by atoms with Gasteiger partial charge in [-0.3, -0.25) is 9.59 Å². The van der Waals surface area contributed by atoms with Crippen LogP contribution >= 0.6 is 11.3 Å². The van der Waals surface area contributed by atoms with Crippen molar-refractivity contribution < 1.29 is 23.5 Å². The van der Waals surface area contributed by atoms with Crippen molar-refractivity contribution in [3.63, 3.8) is 0 Å². The van der Waals surface area contributed by atoms with Crippen LogP contribution in [-0.2, 0) is 9.53 Å². The number of furan rings is 1. The van der Waals surface area contributed by atoms with Crippen LogP contribution < -0.4 is 10.6 Å². The van der Waals surface area contributed by atoms with Crippen LogP contribution in [0.25, 0.3) is 0 Å². The molecule has 2 N–H and O–H groups in total. The molecule has 4 rings (SSSR count). The van der Waals surface area contributed by atoms with E-state index in [1.54, 1.807) is 49.4 Å². The Morgan fingerprint density at radius 3 is 2.37 bits per heavy atom. The Hall–Kier alpha value is -4.17. The van der Waals surface area contributed by atoms with Crippen molar-refractivity contribution in [2.45, 2.75) is 26.9 Å². The topological polar surface area (TPSA) is 97.6 Å². The summed E-state index contributed by atoms with van der Waals surface area (Å²) in [5.41, 5.74) is 3.72. The van der Waals surface area contributed by atoms with Crippen LogP contribution in [0.5, 0.6) is 0 Å². The molecule has 0 fully saturated rings. The van der Waals surface area contributed by atoms with Gasteiger partial charge in [0.05, 0.1) is 11.3 Å². The second-order valence-corrected chi connectivity index (χ2v) is 9.11. The van der Waals surface area contributed by atoms with Crippen molar-refractivity contribution in [1.82, 2.24) is 0 Å². The Kier molecular flexibility index (Phi) is 7.12. The third-order valence-corrected chi connectivity index (χ3v) is 6.43. The standard InChI is InChI=1S/C27H24N2O5S/c1-16-11-12-17(2)20(14-16)28-26(31)23(19-8-5-4-6-9-19)34-27(32)24-18(3)15-22(35-24)29-25(30)21-10-7-13-33-21/h4-15,23H,1-3H3,(H,28,31)(H,29,30). The lowest BCUT2D eigenvalue weighted by atomic mass is 10.1. The largest absolute Gasteiger partial charge is 0.459 e. The Balaban J connectivity index is 1.55. The van der Waals surface area contributed by atoms with Gasteiger partial charge in [-0.1, -0.05) is 42.5 Å². The number of nitrogens with one attached hydrogen (secondary N) is 2. The number of hydrogen-bond acceptors (Lipinski definition) is 6. The van der Waals surface area contributed by atoms with Gasteiger partial charge in [0.25, 0.3) is 11.8 Å². The van der Waals surface area contributed by atoms with Crippen LogP contribution in [0, 0.1) is 20.8 Å². The van der Waals surface area contributed by atoms with E-state index in [1.807, 2.05) is 38.1 Å². The lowest BCUT2D eigenvalue weighted by molar-refractivity contribution is -0.125. The van der Waals surface area contributed by atoms with E-state index in [0.29, 0.717) is 26.7 Å². The summed E-state index contributed by atoms with van der Waals surface area (Å²) in [6, 6.07) is 19.4. The van der Waals surface area contributed by atoms with Gasteiger partial charge < -0.3 is 19.8 Å². The summed E-state index contributed by atoms with van der Waals surface area (Å²) < 4.78 is 10.8. The molecule has 178 valence electrons. The predicted octanol–water partition coefficient (Wildman–Crippen LogP) is 6.06. The highest BCUT2D eigenvalue weighted by atomic mass is 32.1. The van der Waals surface area contributed by atoms with Crippen LogP contribution in [0.15, 0.2) is 77.4 Å². The van der Waals surface area contributed by atoms with E-state index < -0.39 is 23.9 Å². The summed E-state index contributed by atoms with van der Waals surface area (Å²) in [4.78, 5) is 39.0. The second-order valence-electron chi connectivity index (χ2n) is 8.06. The molecule has 2 heterocycles. The van der Waals surface area contributed by atoms with Crippen molar-refractivity contribution in [3.8, 4) is 0 Å². The van der Waals surface area contributed by atoms with Crippen LogP contribution in [0.1, 0.15) is 48.6 Å². The number of esters is 1. The third-order valence-electron chi connectivity index (χ3n) is 5.30. The molecule has 1 unspecified atom stereocenters. The molecular weight excluding hydrogens is 464 g/mol. The summed E-state index contributed by atoms with van der Waals surface area (Å²) in [7, 11) is 0. The molecule has 0 aliphatic rings. The maximum Gasteiger partial charge on any atom is 0.349 e. The first-order chi connectivity index (χ1) is 16.8. The van der Waals surface area contributed by atoms with Crippen molar-refractivity contribution in [3.05, 3.63) is 106 Å². The van der Waals surface area contributed by atoms with Gasteiger partial charge in [-0.25, -0.2) is 4.79 Å². The molecule has 0 saturated heterocycles. The van der Waals surface area contributed by atoms with E-state index >= 15 is 0 Å². The number of carbonyl (C=O) groups excluding carboxylic acids is 3. The number of amides is 2. The van der Waals surface area contributed by atoms with Gasteiger partial charge in [0.1, 0.15) is 4.88 Å². The number of aryl methyl sites for hydroxylation is 3. The highest BCUT2D eigenvalue weighted by molar-refractivity contribution is 7.18. The lowest BCUT2D eigenvalue weighted by Crippen LogP contribution is -2.26. The first-order valence-corrected chi connectivity index (χ1v) is 11.7. The molecule has 0 spiro atoms. The smallest absolute Gasteiger partial charge is 0.349 e. The molecule has 4 aromatic rings. The monoisotopic (exact) mass is 488 g/mol. The summed E-state index contributed by atoms with van der Waals surface area (Å²) in [6.07, 6.45) is 0.246. The number of hydrogen-bond donors (Lipinski definition) is 2. The molecule has 2 aromatic heterocycles. The maximum absolute atomic E-state index is 13.3.